The van der Waals surface area contributed by atoms with Crippen LogP contribution in [-0.4, -0.2) is 10.9 Å². The predicted octanol–water partition coefficient (Wildman–Crippen LogP) is 1.59. The number of nitrogens with two attached hydrogens (primary N) is 2. The van der Waals surface area contributed by atoms with Crippen molar-refractivity contribution in [2.45, 2.75) is 13.3 Å². The van der Waals surface area contributed by atoms with E-state index in [0.717, 1.165) is 5.56 Å². The molecule has 17 heavy (non-hydrogen) atoms. The third-order valence-electron chi connectivity index (χ3n) is 2.39. The molecule has 4 N–H and O–H groups in total. The number of anilines is 1. The standard InChI is InChI=1S/C12H13N3O2/c1-2-9-10(11(14)16)17-12(15-9)7-4-3-5-8(13)6-7/h3-6H,2,13H2,1H3,(H2,14,16). The summed E-state index contributed by atoms with van der Waals surface area (Å²) < 4.78 is 5.37. The summed E-state index contributed by atoms with van der Waals surface area (Å²) in [5, 5.41) is 0. The van der Waals surface area contributed by atoms with Crippen LogP contribution in [0.5, 0.6) is 0 Å². The van der Waals surface area contributed by atoms with Crippen molar-refractivity contribution in [2.75, 3.05) is 5.73 Å². The SMILES string of the molecule is CCc1nc(-c2cccc(N)c2)oc1C(N)=O. The minimum absolute atomic E-state index is 0.116. The van der Waals surface area contributed by atoms with E-state index in [1.807, 2.05) is 13.0 Å². The summed E-state index contributed by atoms with van der Waals surface area (Å²) in [6.45, 7) is 1.88. The molecule has 1 aromatic heterocycles. The maximum absolute atomic E-state index is 11.2. The van der Waals surface area contributed by atoms with E-state index in [4.69, 9.17) is 15.9 Å². The molecule has 2 aromatic rings. The van der Waals surface area contributed by atoms with Gasteiger partial charge in [-0.1, -0.05) is 13.0 Å². The molecular formula is C12H13N3O2. The number of nitrogens with zero attached hydrogens (tertiary/aromatic N) is 1. The molecule has 0 aliphatic rings. The second-order valence-corrected chi connectivity index (χ2v) is 3.64. The number of primary amides is 1. The Kier molecular flexibility index (Phi) is 2.82. The van der Waals surface area contributed by atoms with Crippen molar-refractivity contribution in [2.24, 2.45) is 5.73 Å². The number of benzene rings is 1. The highest BCUT2D eigenvalue weighted by Gasteiger charge is 2.17. The van der Waals surface area contributed by atoms with Crippen LogP contribution in [0.4, 0.5) is 5.69 Å². The van der Waals surface area contributed by atoms with Crippen LogP contribution >= 0.6 is 0 Å². The second kappa shape index (κ2) is 4.29. The smallest absolute Gasteiger partial charge is 0.286 e. The molecule has 0 spiro atoms. The Hall–Kier alpha value is -2.30. The Labute approximate surface area is 98.4 Å². The number of rotatable bonds is 3. The minimum Gasteiger partial charge on any atom is -0.431 e. The van der Waals surface area contributed by atoms with Gasteiger partial charge >= 0.3 is 0 Å². The maximum atomic E-state index is 11.2. The molecule has 5 nitrogen and oxygen atoms in total. The van der Waals surface area contributed by atoms with E-state index in [2.05, 4.69) is 4.98 Å². The zero-order valence-electron chi connectivity index (χ0n) is 9.43. The van der Waals surface area contributed by atoms with Crippen molar-refractivity contribution < 1.29 is 9.21 Å². The Morgan fingerprint density at radius 1 is 1.47 bits per heavy atom. The van der Waals surface area contributed by atoms with Gasteiger partial charge in [0.05, 0.1) is 5.69 Å². The molecule has 0 unspecified atom stereocenters. The van der Waals surface area contributed by atoms with Gasteiger partial charge in [0.25, 0.3) is 5.91 Å². The summed E-state index contributed by atoms with van der Waals surface area (Å²) in [5.74, 6) is -0.127. The first-order chi connectivity index (χ1) is 8.11. The van der Waals surface area contributed by atoms with Gasteiger partial charge in [-0.2, -0.15) is 0 Å². The van der Waals surface area contributed by atoms with E-state index in [-0.39, 0.29) is 5.76 Å². The van der Waals surface area contributed by atoms with Crippen LogP contribution in [-0.2, 0) is 6.42 Å². The van der Waals surface area contributed by atoms with Crippen LogP contribution in [0.2, 0.25) is 0 Å². The molecule has 1 aromatic carbocycles. The minimum atomic E-state index is -0.607. The van der Waals surface area contributed by atoms with E-state index in [1.54, 1.807) is 18.2 Å². The number of carbonyl (C=O) groups is 1. The third-order valence-corrected chi connectivity index (χ3v) is 2.39. The van der Waals surface area contributed by atoms with Gasteiger partial charge in [0.1, 0.15) is 0 Å². The van der Waals surface area contributed by atoms with Gasteiger partial charge in [0, 0.05) is 11.3 Å². The molecule has 0 saturated heterocycles. The fourth-order valence-electron chi connectivity index (χ4n) is 1.58. The number of carbonyl (C=O) groups excluding carboxylic acids is 1. The van der Waals surface area contributed by atoms with Crippen LogP contribution in [0, 0.1) is 0 Å². The lowest BCUT2D eigenvalue weighted by molar-refractivity contribution is 0.0973. The van der Waals surface area contributed by atoms with E-state index >= 15 is 0 Å². The fourth-order valence-corrected chi connectivity index (χ4v) is 1.58. The van der Waals surface area contributed by atoms with Crippen molar-refractivity contribution in [1.29, 1.82) is 0 Å². The normalized spacial score (nSPS) is 10.4. The van der Waals surface area contributed by atoms with Gasteiger partial charge in [-0.3, -0.25) is 4.79 Å². The van der Waals surface area contributed by atoms with Crippen LogP contribution in [0.3, 0.4) is 0 Å². The lowest BCUT2D eigenvalue weighted by atomic mass is 10.2. The Morgan fingerprint density at radius 2 is 2.24 bits per heavy atom. The van der Waals surface area contributed by atoms with E-state index in [0.29, 0.717) is 23.7 Å². The number of aryl methyl sites for hydroxylation is 1. The summed E-state index contributed by atoms with van der Waals surface area (Å²) in [6.07, 6.45) is 0.587. The van der Waals surface area contributed by atoms with Crippen molar-refractivity contribution >= 4 is 11.6 Å². The molecule has 0 aliphatic heterocycles. The molecule has 2 rings (SSSR count). The van der Waals surface area contributed by atoms with E-state index in [9.17, 15) is 4.79 Å². The topological polar surface area (TPSA) is 95.1 Å². The summed E-state index contributed by atoms with van der Waals surface area (Å²) in [5.41, 5.74) is 12.8. The average molecular weight is 231 g/mol. The van der Waals surface area contributed by atoms with Crippen LogP contribution in [0.15, 0.2) is 28.7 Å². The Bertz CT molecular complexity index is 561. The van der Waals surface area contributed by atoms with Crippen molar-refractivity contribution in [1.82, 2.24) is 4.98 Å². The maximum Gasteiger partial charge on any atom is 0.286 e. The molecule has 0 saturated carbocycles. The summed E-state index contributed by atoms with van der Waals surface area (Å²) in [6, 6.07) is 7.11. The van der Waals surface area contributed by atoms with Gasteiger partial charge in [-0.25, -0.2) is 4.98 Å². The van der Waals surface area contributed by atoms with Gasteiger partial charge in [0.2, 0.25) is 11.7 Å². The molecule has 0 fully saturated rings. The zero-order valence-corrected chi connectivity index (χ0v) is 9.43. The molecule has 88 valence electrons. The number of nitrogen functional groups attached to an aromatic ring is 1. The summed E-state index contributed by atoms with van der Waals surface area (Å²) in [4.78, 5) is 15.4. The molecule has 1 amide bonds. The average Bonchev–Trinajstić information content (AvgIpc) is 2.73. The first-order valence-corrected chi connectivity index (χ1v) is 5.27. The highest BCUT2D eigenvalue weighted by Crippen LogP contribution is 2.23. The zero-order chi connectivity index (χ0) is 12.4. The van der Waals surface area contributed by atoms with Gasteiger partial charge in [-0.15, -0.1) is 0 Å². The number of hydrogen-bond acceptors (Lipinski definition) is 4. The van der Waals surface area contributed by atoms with Gasteiger partial charge in [0.15, 0.2) is 0 Å². The highest BCUT2D eigenvalue weighted by atomic mass is 16.4. The number of oxazole rings is 1. The van der Waals surface area contributed by atoms with Gasteiger partial charge < -0.3 is 15.9 Å². The molecule has 0 aliphatic carbocycles. The van der Waals surface area contributed by atoms with Crippen LogP contribution in [0.1, 0.15) is 23.2 Å². The summed E-state index contributed by atoms with van der Waals surface area (Å²) >= 11 is 0. The fraction of sp³-hybridized carbons (Fsp3) is 0.167. The first-order valence-electron chi connectivity index (χ1n) is 5.27. The number of aromatic nitrogens is 1. The number of hydrogen-bond donors (Lipinski definition) is 2. The molecule has 0 radical (unpaired) electrons. The Balaban J connectivity index is 2.50. The predicted molar refractivity (Wildman–Crippen MR) is 64.2 cm³/mol. The lowest BCUT2D eigenvalue weighted by Gasteiger charge is -1.96. The quantitative estimate of drug-likeness (QED) is 0.784. The van der Waals surface area contributed by atoms with E-state index < -0.39 is 5.91 Å². The molecule has 5 heteroatoms. The largest absolute Gasteiger partial charge is 0.431 e. The third kappa shape index (κ3) is 2.13. The lowest BCUT2D eigenvalue weighted by Crippen LogP contribution is -2.11. The molecule has 1 heterocycles. The van der Waals surface area contributed by atoms with Gasteiger partial charge in [-0.05, 0) is 24.6 Å². The van der Waals surface area contributed by atoms with Crippen molar-refractivity contribution in [3.8, 4) is 11.5 Å². The Morgan fingerprint density at radius 3 is 2.76 bits per heavy atom. The highest BCUT2D eigenvalue weighted by molar-refractivity contribution is 5.91. The second-order valence-electron chi connectivity index (χ2n) is 3.64. The van der Waals surface area contributed by atoms with Crippen molar-refractivity contribution in [3.05, 3.63) is 35.7 Å². The summed E-state index contributed by atoms with van der Waals surface area (Å²) in [7, 11) is 0. The molecule has 0 bridgehead atoms. The molecular weight excluding hydrogens is 218 g/mol. The first kappa shape index (κ1) is 11.2. The molecule has 0 atom stereocenters. The number of amides is 1. The van der Waals surface area contributed by atoms with Crippen molar-refractivity contribution in [3.63, 3.8) is 0 Å². The van der Waals surface area contributed by atoms with Crippen LogP contribution < -0.4 is 11.5 Å². The van der Waals surface area contributed by atoms with E-state index in [1.165, 1.54) is 0 Å². The van der Waals surface area contributed by atoms with Crippen LogP contribution in [0.25, 0.3) is 11.5 Å². The monoisotopic (exact) mass is 231 g/mol.